The molecule has 0 radical (unpaired) electrons. The van der Waals surface area contributed by atoms with Crippen molar-refractivity contribution in [1.82, 2.24) is 19.9 Å². The molecule has 0 saturated heterocycles. The molecule has 0 aliphatic carbocycles. The molecular weight excluding hydrogens is 611 g/mol. The number of rotatable bonds is 5. The van der Waals surface area contributed by atoms with E-state index in [2.05, 4.69) is 121 Å². The first-order valence-corrected chi connectivity index (χ1v) is 16.5. The van der Waals surface area contributed by atoms with E-state index in [1.165, 1.54) is 0 Å². The molecule has 7 aromatic carbocycles. The van der Waals surface area contributed by atoms with Gasteiger partial charge in [-0.1, -0.05) is 133 Å². The van der Waals surface area contributed by atoms with E-state index >= 15 is 0 Å². The predicted molar refractivity (Wildman–Crippen MR) is 202 cm³/mol. The maximum absolute atomic E-state index is 9.44. The van der Waals surface area contributed by atoms with Gasteiger partial charge >= 0.3 is 0 Å². The zero-order valence-corrected chi connectivity index (χ0v) is 26.8. The minimum absolute atomic E-state index is 0.498. The van der Waals surface area contributed by atoms with E-state index in [4.69, 9.17) is 19.9 Å². The van der Waals surface area contributed by atoms with Gasteiger partial charge in [-0.15, -0.1) is 0 Å². The smallest absolute Gasteiger partial charge is 0.181 e. The Kier molecular flexibility index (Phi) is 7.11. The largest absolute Gasteiger partial charge is 0.244 e. The van der Waals surface area contributed by atoms with Crippen molar-refractivity contribution < 1.29 is 0 Å². The van der Waals surface area contributed by atoms with Crippen molar-refractivity contribution in [2.24, 2.45) is 0 Å². The lowest BCUT2D eigenvalue weighted by atomic mass is 9.98. The average molecular weight is 638 g/mol. The summed E-state index contributed by atoms with van der Waals surface area (Å²) in [6.07, 6.45) is 0. The van der Waals surface area contributed by atoms with Crippen LogP contribution in [0.5, 0.6) is 0 Å². The normalized spacial score (nSPS) is 11.2. The van der Waals surface area contributed by atoms with Crippen LogP contribution in [0.1, 0.15) is 5.56 Å². The number of fused-ring (bicyclic) bond motifs is 3. The summed E-state index contributed by atoms with van der Waals surface area (Å²) in [6.45, 7) is 0. The summed E-state index contributed by atoms with van der Waals surface area (Å²) >= 11 is 0. The summed E-state index contributed by atoms with van der Waals surface area (Å²) in [5.74, 6) is 0.498. The maximum Gasteiger partial charge on any atom is 0.181 e. The number of hydrogen-bond acceptors (Lipinski definition) is 5. The van der Waals surface area contributed by atoms with Gasteiger partial charge in [-0.2, -0.15) is 5.26 Å². The number of aromatic nitrogens is 4. The molecular formula is C45H27N5. The van der Waals surface area contributed by atoms with Gasteiger partial charge in [0.1, 0.15) is 11.4 Å². The minimum atomic E-state index is 0.498. The molecule has 0 N–H and O–H groups in total. The molecule has 0 atom stereocenters. The van der Waals surface area contributed by atoms with Crippen molar-refractivity contribution in [3.63, 3.8) is 0 Å². The predicted octanol–water partition coefficient (Wildman–Crippen LogP) is 10.9. The maximum atomic E-state index is 9.44. The molecule has 50 heavy (non-hydrogen) atoms. The Bertz CT molecular complexity index is 2670. The Labute approximate surface area is 288 Å². The van der Waals surface area contributed by atoms with Crippen LogP contribution in [-0.2, 0) is 0 Å². The zero-order valence-electron chi connectivity index (χ0n) is 26.8. The van der Waals surface area contributed by atoms with Crippen molar-refractivity contribution in [3.8, 4) is 62.5 Å². The first-order chi connectivity index (χ1) is 24.7. The molecule has 5 heteroatoms. The monoisotopic (exact) mass is 637 g/mol. The van der Waals surface area contributed by atoms with Crippen LogP contribution >= 0.6 is 0 Å². The van der Waals surface area contributed by atoms with E-state index in [0.29, 0.717) is 22.8 Å². The Morgan fingerprint density at radius 2 is 0.920 bits per heavy atom. The van der Waals surface area contributed by atoms with Crippen LogP contribution in [-0.4, -0.2) is 19.9 Å². The molecule has 0 amide bonds. The molecule has 0 aliphatic heterocycles. The quantitative estimate of drug-likeness (QED) is 0.188. The third-order valence-electron chi connectivity index (χ3n) is 9.12. The number of nitriles is 1. The summed E-state index contributed by atoms with van der Waals surface area (Å²) < 4.78 is 0. The molecule has 0 unspecified atom stereocenters. The van der Waals surface area contributed by atoms with Crippen LogP contribution in [0.15, 0.2) is 164 Å². The summed E-state index contributed by atoms with van der Waals surface area (Å²) in [4.78, 5) is 20.9. The minimum Gasteiger partial charge on any atom is -0.244 e. The van der Waals surface area contributed by atoms with Gasteiger partial charge in [-0.3, -0.25) is 0 Å². The second kappa shape index (κ2) is 12.2. The van der Waals surface area contributed by atoms with Crippen molar-refractivity contribution in [2.45, 2.75) is 0 Å². The van der Waals surface area contributed by atoms with Crippen LogP contribution < -0.4 is 0 Å². The second-order valence-corrected chi connectivity index (χ2v) is 12.2. The first kappa shape index (κ1) is 29.1. The van der Waals surface area contributed by atoms with Crippen LogP contribution in [0.4, 0.5) is 0 Å². The van der Waals surface area contributed by atoms with Gasteiger partial charge in [0.15, 0.2) is 5.82 Å². The lowest BCUT2D eigenvalue weighted by molar-refractivity contribution is 1.15. The van der Waals surface area contributed by atoms with Crippen LogP contribution in [0.25, 0.3) is 89.0 Å². The molecule has 0 spiro atoms. The fourth-order valence-electron chi connectivity index (χ4n) is 6.67. The van der Waals surface area contributed by atoms with E-state index in [1.54, 1.807) is 0 Å². The van der Waals surface area contributed by atoms with Crippen LogP contribution in [0.3, 0.4) is 0 Å². The highest BCUT2D eigenvalue weighted by Gasteiger charge is 2.20. The highest BCUT2D eigenvalue weighted by molar-refractivity contribution is 5.99. The SMILES string of the molecule is N#Cc1cccc(-c2ccc(-c3nc4ccccc4nc3-c3nc(-c4cccc5ccccc45)cc(-c4cccc5ccccc45)n3)cc2)c1. The van der Waals surface area contributed by atoms with Gasteiger partial charge in [0, 0.05) is 16.7 Å². The highest BCUT2D eigenvalue weighted by atomic mass is 15.0. The standard InChI is InChI=1S/C45H27N5/c46-28-29-10-7-15-34(26-29)30-22-24-33(25-23-30)43-44(48-40-21-6-5-20-39(40)47-43)45-49-41(37-18-8-13-31-11-1-3-16-35(31)37)27-42(50-45)38-19-9-14-32-12-2-4-17-36(32)38/h1-27H. The van der Waals surface area contributed by atoms with Gasteiger partial charge < -0.3 is 0 Å². The fourth-order valence-corrected chi connectivity index (χ4v) is 6.67. The van der Waals surface area contributed by atoms with Crippen molar-refractivity contribution in [1.29, 1.82) is 5.26 Å². The van der Waals surface area contributed by atoms with Gasteiger partial charge in [0.05, 0.1) is 34.1 Å². The van der Waals surface area contributed by atoms with E-state index in [0.717, 1.165) is 71.8 Å². The van der Waals surface area contributed by atoms with E-state index in [9.17, 15) is 5.26 Å². The lowest BCUT2D eigenvalue weighted by Crippen LogP contribution is -2.02. The van der Waals surface area contributed by atoms with Gasteiger partial charge in [-0.25, -0.2) is 19.9 Å². The highest BCUT2D eigenvalue weighted by Crippen LogP contribution is 2.37. The van der Waals surface area contributed by atoms with Crippen LogP contribution in [0, 0.1) is 11.3 Å². The van der Waals surface area contributed by atoms with Gasteiger partial charge in [-0.05, 0) is 63.0 Å². The molecule has 0 saturated carbocycles. The van der Waals surface area contributed by atoms with E-state index in [1.807, 2.05) is 48.5 Å². The molecule has 232 valence electrons. The molecule has 0 fully saturated rings. The summed E-state index contributed by atoms with van der Waals surface area (Å²) in [5, 5.41) is 14.0. The van der Waals surface area contributed by atoms with Gasteiger partial charge in [0.2, 0.25) is 0 Å². The third kappa shape index (κ3) is 5.22. The Hall–Kier alpha value is -7.03. The lowest BCUT2D eigenvalue weighted by Gasteiger charge is -2.14. The summed E-state index contributed by atoms with van der Waals surface area (Å²) in [6, 6.07) is 57.5. The van der Waals surface area contributed by atoms with Crippen molar-refractivity contribution >= 4 is 32.6 Å². The molecule has 0 bridgehead atoms. The molecule has 5 nitrogen and oxygen atoms in total. The molecule has 0 aliphatic rings. The van der Waals surface area contributed by atoms with Crippen molar-refractivity contribution in [3.05, 3.63) is 169 Å². The topological polar surface area (TPSA) is 75.3 Å². The van der Waals surface area contributed by atoms with E-state index in [-0.39, 0.29) is 0 Å². The second-order valence-electron chi connectivity index (χ2n) is 12.2. The van der Waals surface area contributed by atoms with E-state index < -0.39 is 0 Å². The zero-order chi connectivity index (χ0) is 33.4. The van der Waals surface area contributed by atoms with Crippen LogP contribution in [0.2, 0.25) is 0 Å². The Morgan fingerprint density at radius 1 is 0.400 bits per heavy atom. The number of benzene rings is 7. The number of para-hydroxylation sites is 2. The fraction of sp³-hybridized carbons (Fsp3) is 0. The number of hydrogen-bond donors (Lipinski definition) is 0. The molecule has 2 aromatic heterocycles. The average Bonchev–Trinajstić information content (AvgIpc) is 3.20. The van der Waals surface area contributed by atoms with Crippen molar-refractivity contribution in [2.75, 3.05) is 0 Å². The first-order valence-electron chi connectivity index (χ1n) is 16.5. The molecule has 9 rings (SSSR count). The Balaban J connectivity index is 1.29. The summed E-state index contributed by atoms with van der Waals surface area (Å²) in [7, 11) is 0. The van der Waals surface area contributed by atoms with Gasteiger partial charge in [0.25, 0.3) is 0 Å². The third-order valence-corrected chi connectivity index (χ3v) is 9.12. The molecule has 9 aromatic rings. The number of nitrogens with zero attached hydrogens (tertiary/aromatic N) is 5. The summed E-state index contributed by atoms with van der Waals surface area (Å²) in [5.41, 5.74) is 10.0. The Morgan fingerprint density at radius 3 is 1.54 bits per heavy atom. The molecule has 2 heterocycles.